The molecule has 0 bridgehead atoms. The lowest BCUT2D eigenvalue weighted by molar-refractivity contribution is -0.132. The summed E-state index contributed by atoms with van der Waals surface area (Å²) in [5, 5.41) is 0.868. The molecule has 1 saturated heterocycles. The minimum Gasteiger partial charge on any atom is -0.340 e. The van der Waals surface area contributed by atoms with E-state index in [-0.39, 0.29) is 33.9 Å². The molecule has 9 heteroatoms. The van der Waals surface area contributed by atoms with Crippen molar-refractivity contribution in [2.75, 3.05) is 26.2 Å². The lowest BCUT2D eigenvalue weighted by Gasteiger charge is -2.34. The van der Waals surface area contributed by atoms with Crippen LogP contribution in [-0.4, -0.2) is 49.7 Å². The molecular formula is C20H21Cl3N2O3S. The quantitative estimate of drug-likeness (QED) is 0.643. The minimum absolute atomic E-state index is 0.00507. The standard InChI is InChI=1S/C20H21Cl3N2O3S/c1-14-5-6-15(13-18(14)23)7-8-19(26)24-9-11-25(12-10-24)29(27,28)20-16(21)3-2-4-17(20)22/h2-6,13H,7-12H2,1H3. The third kappa shape index (κ3) is 5.06. The van der Waals surface area contributed by atoms with Gasteiger partial charge in [-0.05, 0) is 42.7 Å². The lowest BCUT2D eigenvalue weighted by Crippen LogP contribution is -2.50. The van der Waals surface area contributed by atoms with Gasteiger partial charge in [-0.25, -0.2) is 8.42 Å². The Labute approximate surface area is 186 Å². The summed E-state index contributed by atoms with van der Waals surface area (Å²) in [4.78, 5) is 14.1. The third-order valence-corrected chi connectivity index (χ3v) is 8.23. The highest BCUT2D eigenvalue weighted by Crippen LogP contribution is 2.32. The van der Waals surface area contributed by atoms with E-state index in [9.17, 15) is 13.2 Å². The van der Waals surface area contributed by atoms with Crippen molar-refractivity contribution in [1.82, 2.24) is 9.21 Å². The van der Waals surface area contributed by atoms with Crippen LogP contribution < -0.4 is 0 Å². The van der Waals surface area contributed by atoms with Crippen LogP contribution in [-0.2, 0) is 21.2 Å². The summed E-state index contributed by atoms with van der Waals surface area (Å²) in [6, 6.07) is 10.4. The predicted octanol–water partition coefficient (Wildman–Crippen LogP) is 4.42. The molecule has 1 amide bonds. The molecular weight excluding hydrogens is 455 g/mol. The van der Waals surface area contributed by atoms with Gasteiger partial charge < -0.3 is 4.90 Å². The number of carbonyl (C=O) groups is 1. The Morgan fingerprint density at radius 2 is 1.59 bits per heavy atom. The summed E-state index contributed by atoms with van der Waals surface area (Å²) >= 11 is 18.3. The van der Waals surface area contributed by atoms with Crippen molar-refractivity contribution in [3.05, 3.63) is 62.6 Å². The van der Waals surface area contributed by atoms with Crippen LogP contribution in [0.3, 0.4) is 0 Å². The van der Waals surface area contributed by atoms with Gasteiger partial charge in [0.2, 0.25) is 15.9 Å². The van der Waals surface area contributed by atoms with Gasteiger partial charge in [-0.1, -0.05) is 53.0 Å². The van der Waals surface area contributed by atoms with E-state index in [1.807, 2.05) is 25.1 Å². The largest absolute Gasteiger partial charge is 0.340 e. The van der Waals surface area contributed by atoms with E-state index in [1.165, 1.54) is 16.4 Å². The van der Waals surface area contributed by atoms with Crippen LogP contribution in [0.15, 0.2) is 41.3 Å². The predicted molar refractivity (Wildman–Crippen MR) is 116 cm³/mol. The maximum Gasteiger partial charge on any atom is 0.246 e. The van der Waals surface area contributed by atoms with Crippen LogP contribution in [0.25, 0.3) is 0 Å². The highest BCUT2D eigenvalue weighted by atomic mass is 35.5. The van der Waals surface area contributed by atoms with Gasteiger partial charge in [-0.2, -0.15) is 4.31 Å². The van der Waals surface area contributed by atoms with Gasteiger partial charge in [0.05, 0.1) is 10.0 Å². The van der Waals surface area contributed by atoms with Crippen LogP contribution in [0.1, 0.15) is 17.5 Å². The summed E-state index contributed by atoms with van der Waals surface area (Å²) in [5.74, 6) is -0.00507. The van der Waals surface area contributed by atoms with Gasteiger partial charge in [-0.15, -0.1) is 0 Å². The number of amides is 1. The van der Waals surface area contributed by atoms with Gasteiger partial charge in [0, 0.05) is 37.6 Å². The van der Waals surface area contributed by atoms with E-state index < -0.39 is 10.0 Å². The van der Waals surface area contributed by atoms with Crippen molar-refractivity contribution in [3.8, 4) is 0 Å². The van der Waals surface area contributed by atoms with Crippen molar-refractivity contribution >= 4 is 50.7 Å². The molecule has 3 rings (SSSR count). The number of hydrogen-bond donors (Lipinski definition) is 0. The Balaban J connectivity index is 1.59. The Morgan fingerprint density at radius 3 is 2.17 bits per heavy atom. The summed E-state index contributed by atoms with van der Waals surface area (Å²) in [5.41, 5.74) is 2.00. The molecule has 1 aliphatic rings. The van der Waals surface area contributed by atoms with E-state index in [0.717, 1.165) is 11.1 Å². The Bertz CT molecular complexity index is 999. The number of hydrogen-bond acceptors (Lipinski definition) is 3. The molecule has 2 aromatic rings. The second kappa shape index (κ2) is 9.23. The van der Waals surface area contributed by atoms with Crippen LogP contribution in [0.2, 0.25) is 15.1 Å². The molecule has 0 spiro atoms. The van der Waals surface area contributed by atoms with Gasteiger partial charge in [0.1, 0.15) is 4.90 Å². The second-order valence-corrected chi connectivity index (χ2v) is 10.0. The monoisotopic (exact) mass is 474 g/mol. The van der Waals surface area contributed by atoms with Gasteiger partial charge in [0.15, 0.2) is 0 Å². The Hall–Kier alpha value is -1.31. The summed E-state index contributed by atoms with van der Waals surface area (Å²) in [7, 11) is -3.82. The number of benzene rings is 2. The lowest BCUT2D eigenvalue weighted by atomic mass is 10.1. The molecule has 0 atom stereocenters. The highest BCUT2D eigenvalue weighted by Gasteiger charge is 2.32. The van der Waals surface area contributed by atoms with Crippen molar-refractivity contribution in [3.63, 3.8) is 0 Å². The van der Waals surface area contributed by atoms with E-state index in [1.54, 1.807) is 11.0 Å². The molecule has 29 heavy (non-hydrogen) atoms. The van der Waals surface area contributed by atoms with Gasteiger partial charge >= 0.3 is 0 Å². The number of halogens is 3. The van der Waals surface area contributed by atoms with Crippen molar-refractivity contribution in [2.45, 2.75) is 24.7 Å². The first-order chi connectivity index (χ1) is 13.7. The fraction of sp³-hybridized carbons (Fsp3) is 0.350. The van der Waals surface area contributed by atoms with Crippen LogP contribution >= 0.6 is 34.8 Å². The number of sulfonamides is 1. The molecule has 0 N–H and O–H groups in total. The number of carbonyl (C=O) groups excluding carboxylic acids is 1. The summed E-state index contributed by atoms with van der Waals surface area (Å²) in [6.45, 7) is 2.99. The van der Waals surface area contributed by atoms with Crippen molar-refractivity contribution in [1.29, 1.82) is 0 Å². The molecule has 1 aliphatic heterocycles. The maximum absolute atomic E-state index is 12.9. The average Bonchev–Trinajstić information content (AvgIpc) is 2.68. The van der Waals surface area contributed by atoms with Crippen LogP contribution in [0.4, 0.5) is 0 Å². The van der Waals surface area contributed by atoms with Gasteiger partial charge in [0.25, 0.3) is 0 Å². The summed E-state index contributed by atoms with van der Waals surface area (Å²) in [6.07, 6.45) is 0.940. The Morgan fingerprint density at radius 1 is 0.966 bits per heavy atom. The first-order valence-electron chi connectivity index (χ1n) is 9.17. The van der Waals surface area contributed by atoms with Crippen LogP contribution in [0, 0.1) is 6.92 Å². The van der Waals surface area contributed by atoms with E-state index >= 15 is 0 Å². The van der Waals surface area contributed by atoms with Gasteiger partial charge in [-0.3, -0.25) is 4.79 Å². The number of rotatable bonds is 5. The number of aryl methyl sites for hydroxylation is 2. The fourth-order valence-electron chi connectivity index (χ4n) is 3.24. The SMILES string of the molecule is Cc1ccc(CCC(=O)N2CCN(S(=O)(=O)c3c(Cl)cccc3Cl)CC2)cc1Cl. The first-order valence-corrected chi connectivity index (χ1v) is 11.7. The zero-order valence-corrected chi connectivity index (χ0v) is 19.0. The first kappa shape index (κ1) is 22.4. The normalized spacial score (nSPS) is 15.5. The molecule has 1 heterocycles. The molecule has 2 aromatic carbocycles. The molecule has 0 saturated carbocycles. The highest BCUT2D eigenvalue weighted by molar-refractivity contribution is 7.89. The molecule has 0 unspecified atom stereocenters. The maximum atomic E-state index is 12.9. The van der Waals surface area contributed by atoms with E-state index in [4.69, 9.17) is 34.8 Å². The van der Waals surface area contributed by atoms with Crippen molar-refractivity contribution in [2.24, 2.45) is 0 Å². The van der Waals surface area contributed by atoms with Crippen molar-refractivity contribution < 1.29 is 13.2 Å². The van der Waals surface area contributed by atoms with E-state index in [2.05, 4.69) is 0 Å². The smallest absolute Gasteiger partial charge is 0.246 e. The van der Waals surface area contributed by atoms with Crippen LogP contribution in [0.5, 0.6) is 0 Å². The number of piperazine rings is 1. The third-order valence-electron chi connectivity index (χ3n) is 4.97. The minimum atomic E-state index is -3.82. The number of nitrogens with zero attached hydrogens (tertiary/aromatic N) is 2. The Kier molecular flexibility index (Phi) is 7.12. The molecule has 0 aromatic heterocycles. The summed E-state index contributed by atoms with van der Waals surface area (Å²) < 4.78 is 27.2. The molecule has 5 nitrogen and oxygen atoms in total. The van der Waals surface area contributed by atoms with E-state index in [0.29, 0.717) is 31.0 Å². The molecule has 1 fully saturated rings. The fourth-order valence-corrected chi connectivity index (χ4v) is 5.95. The molecule has 156 valence electrons. The molecule has 0 aliphatic carbocycles. The molecule has 0 radical (unpaired) electrons. The average molecular weight is 476 g/mol. The zero-order valence-electron chi connectivity index (χ0n) is 15.9. The zero-order chi connectivity index (χ0) is 21.2. The topological polar surface area (TPSA) is 57.7 Å². The second-order valence-electron chi connectivity index (χ2n) is 6.92.